The zero-order valence-corrected chi connectivity index (χ0v) is 36.4. The van der Waals surface area contributed by atoms with Crippen LogP contribution in [-0.2, 0) is 10.0 Å². The molecule has 9 heteroatoms. The Morgan fingerprint density at radius 2 is 1.44 bits per heavy atom. The fourth-order valence-corrected chi connectivity index (χ4v) is 10.5. The summed E-state index contributed by atoms with van der Waals surface area (Å²) < 4.78 is 40.8. The zero-order chi connectivity index (χ0) is 40.0. The van der Waals surface area contributed by atoms with Gasteiger partial charge < -0.3 is 9.32 Å². The Hall–Kier alpha value is -4.02. The van der Waals surface area contributed by atoms with Crippen LogP contribution in [-0.4, -0.2) is 52.6 Å². The van der Waals surface area contributed by atoms with Crippen LogP contribution in [0.5, 0.6) is 0 Å². The molecule has 0 spiro atoms. The summed E-state index contributed by atoms with van der Waals surface area (Å²) in [7, 11) is -3.83. The Balaban J connectivity index is 1.44. The van der Waals surface area contributed by atoms with Crippen LogP contribution in [0.25, 0.3) is 33.4 Å². The zero-order valence-electron chi connectivity index (χ0n) is 34.0. The molecule has 300 valence electrons. The van der Waals surface area contributed by atoms with Crippen molar-refractivity contribution in [1.29, 1.82) is 0 Å². The third-order valence-electron chi connectivity index (χ3n) is 10.6. The highest BCUT2D eigenvalue weighted by molar-refractivity contribution is 7.99. The highest BCUT2D eigenvalue weighted by atomic mass is 32.2. The van der Waals surface area contributed by atoms with E-state index in [9.17, 15) is 8.42 Å². The van der Waals surface area contributed by atoms with Gasteiger partial charge in [-0.1, -0.05) is 94.6 Å². The molecule has 0 saturated heterocycles. The fourth-order valence-electron chi connectivity index (χ4n) is 7.40. The number of unbranched alkanes of at least 4 members (excludes halogenated alkanes) is 1. The fraction of sp³-hybridized carbons (Fsp3) is 0.354. The van der Waals surface area contributed by atoms with Gasteiger partial charge in [0.05, 0.1) is 16.7 Å². The first-order chi connectivity index (χ1) is 27.8. The van der Waals surface area contributed by atoms with E-state index in [-0.39, 0.29) is 4.90 Å². The number of nitrogens with zero attached hydrogens (tertiary/aromatic N) is 2. The van der Waals surface area contributed by atoms with Crippen LogP contribution < -0.4 is 19.6 Å². The second kappa shape index (κ2) is 21.1. The van der Waals surface area contributed by atoms with Gasteiger partial charge in [0.1, 0.15) is 17.9 Å². The molecule has 1 unspecified atom stereocenters. The molecule has 0 fully saturated rings. The Kier molecular flexibility index (Phi) is 15.8. The predicted molar refractivity (Wildman–Crippen MR) is 244 cm³/mol. The molecule has 0 aromatic heterocycles. The van der Waals surface area contributed by atoms with E-state index >= 15 is 0 Å². The minimum absolute atomic E-state index is 0.288. The number of fused-ring (bicyclic) bond motifs is 2. The van der Waals surface area contributed by atoms with Gasteiger partial charge in [-0.25, -0.2) is 17.7 Å². The predicted octanol–water partition coefficient (Wildman–Crippen LogP) is 11.3. The molecule has 4 aromatic carbocycles. The van der Waals surface area contributed by atoms with Crippen molar-refractivity contribution in [2.45, 2.75) is 74.5 Å². The molecule has 0 bridgehead atoms. The monoisotopic (exact) mass is 820 g/mol. The number of nitrogens with one attached hydrogen (secondary N) is 1. The first kappa shape index (κ1) is 42.6. The van der Waals surface area contributed by atoms with Crippen LogP contribution in [0.3, 0.4) is 0 Å². The van der Waals surface area contributed by atoms with Gasteiger partial charge >= 0.3 is 0 Å². The lowest BCUT2D eigenvalue weighted by Crippen LogP contribution is -2.32. The van der Waals surface area contributed by atoms with Crippen molar-refractivity contribution >= 4 is 50.2 Å². The van der Waals surface area contributed by atoms with Gasteiger partial charge in [-0.05, 0) is 67.8 Å². The van der Waals surface area contributed by atoms with Gasteiger partial charge in [0, 0.05) is 81.5 Å². The molecule has 0 amide bonds. The maximum Gasteiger partial charge on any atom is 0.241 e. The van der Waals surface area contributed by atoms with Crippen molar-refractivity contribution in [2.75, 3.05) is 49.1 Å². The van der Waals surface area contributed by atoms with E-state index in [4.69, 9.17) is 4.42 Å². The van der Waals surface area contributed by atoms with Crippen molar-refractivity contribution in [3.8, 4) is 22.5 Å². The molecule has 6 rings (SSSR count). The van der Waals surface area contributed by atoms with Crippen LogP contribution in [0.1, 0.15) is 59.8 Å². The van der Waals surface area contributed by atoms with Gasteiger partial charge in [-0.2, -0.15) is 0 Å². The van der Waals surface area contributed by atoms with Gasteiger partial charge in [-0.15, -0.1) is 23.5 Å². The SMILES string of the molecule is CCCCC(CC)CNS(=O)(=O)c1ccccc1-c1c2ccc(=[N+](CCC)CCSc3ccccc3)cc-2oc2cc(N(CC)CCSc3ccccc3)ccc12. The number of benzene rings is 5. The third kappa shape index (κ3) is 11.1. The number of anilines is 1. The van der Waals surface area contributed by atoms with E-state index in [1.54, 1.807) is 6.07 Å². The first-order valence-electron chi connectivity index (χ1n) is 20.6. The van der Waals surface area contributed by atoms with Gasteiger partial charge in [-0.3, -0.25) is 0 Å². The summed E-state index contributed by atoms with van der Waals surface area (Å²) in [4.78, 5) is 5.20. The standard InChI is InChI=1S/C48H58N3O3S3/c1-5-9-18-37(7-3)36-49-57(52,53)47-24-17-16-23-44(47)48-42-27-25-38(50(8-4)30-32-55-40-19-12-10-13-20-40)34-45(42)54-46-35-39(26-28-43(46)48)51(29-6-2)31-33-56-41-21-14-11-15-22-41/h10-17,19-28,34-35,37,49H,5-9,18,29-33,36H2,1-4H3/q+1. The smallest absolute Gasteiger partial charge is 0.241 e. The third-order valence-corrected chi connectivity index (χ3v) is 14.1. The number of rotatable bonds is 21. The quantitative estimate of drug-likeness (QED) is 0.0443. The Morgan fingerprint density at radius 3 is 2.12 bits per heavy atom. The Labute approximate surface area is 349 Å². The number of sulfonamides is 1. The van der Waals surface area contributed by atoms with Crippen molar-refractivity contribution in [3.05, 3.63) is 127 Å². The van der Waals surface area contributed by atoms with Gasteiger partial charge in [0.2, 0.25) is 15.4 Å². The second-order valence-corrected chi connectivity index (χ2v) is 18.6. The molecular weight excluding hydrogens is 763 g/mol. The van der Waals surface area contributed by atoms with Crippen LogP contribution in [0.15, 0.2) is 140 Å². The molecule has 6 nitrogen and oxygen atoms in total. The first-order valence-corrected chi connectivity index (χ1v) is 24.1. The summed E-state index contributed by atoms with van der Waals surface area (Å²) in [5.74, 6) is 2.93. The van der Waals surface area contributed by atoms with E-state index in [0.29, 0.717) is 18.0 Å². The summed E-state index contributed by atoms with van der Waals surface area (Å²) in [6, 6.07) is 41.4. The van der Waals surface area contributed by atoms with E-state index in [1.165, 1.54) is 9.79 Å². The van der Waals surface area contributed by atoms with E-state index in [0.717, 1.165) is 109 Å². The molecule has 57 heavy (non-hydrogen) atoms. The molecular formula is C48H58N3O3S3+. The summed E-state index contributed by atoms with van der Waals surface area (Å²) in [5, 5.41) is 1.98. The molecule has 1 aliphatic heterocycles. The minimum Gasteiger partial charge on any atom is -0.456 e. The Bertz CT molecular complexity index is 2330. The normalized spacial score (nSPS) is 12.9. The molecule has 0 saturated carbocycles. The van der Waals surface area contributed by atoms with E-state index < -0.39 is 10.0 Å². The molecule has 0 radical (unpaired) electrons. The average molecular weight is 821 g/mol. The number of hydrogen-bond acceptors (Lipinski definition) is 6. The largest absolute Gasteiger partial charge is 0.456 e. The highest BCUT2D eigenvalue weighted by Crippen LogP contribution is 2.43. The van der Waals surface area contributed by atoms with Crippen LogP contribution in [0.2, 0.25) is 0 Å². The Morgan fingerprint density at radius 1 is 0.737 bits per heavy atom. The van der Waals surface area contributed by atoms with Gasteiger partial charge in [0.25, 0.3) is 0 Å². The molecule has 1 N–H and O–H groups in total. The lowest BCUT2D eigenvalue weighted by Gasteiger charge is -2.24. The lowest BCUT2D eigenvalue weighted by atomic mass is 9.93. The molecule has 4 aromatic rings. The highest BCUT2D eigenvalue weighted by Gasteiger charge is 2.26. The van der Waals surface area contributed by atoms with Gasteiger partial charge in [0.15, 0.2) is 6.54 Å². The van der Waals surface area contributed by atoms with Crippen LogP contribution >= 0.6 is 23.5 Å². The maximum absolute atomic E-state index is 14.2. The topological polar surface area (TPSA) is 65.6 Å². The molecule has 2 aliphatic rings. The number of thioether (sulfide) groups is 2. The second-order valence-electron chi connectivity index (χ2n) is 14.5. The van der Waals surface area contributed by atoms with E-state index in [2.05, 4.69) is 139 Å². The van der Waals surface area contributed by atoms with Crippen LogP contribution in [0.4, 0.5) is 5.69 Å². The molecule has 1 aliphatic carbocycles. The summed E-state index contributed by atoms with van der Waals surface area (Å²) in [6.07, 6.45) is 5.15. The van der Waals surface area contributed by atoms with E-state index in [1.807, 2.05) is 41.7 Å². The minimum atomic E-state index is -3.83. The van der Waals surface area contributed by atoms with Crippen molar-refractivity contribution in [1.82, 2.24) is 9.30 Å². The number of hydrogen-bond donors (Lipinski definition) is 1. The summed E-state index contributed by atoms with van der Waals surface area (Å²) >= 11 is 3.72. The average Bonchev–Trinajstić information content (AvgIpc) is 3.24. The van der Waals surface area contributed by atoms with Crippen molar-refractivity contribution in [2.24, 2.45) is 5.92 Å². The summed E-state index contributed by atoms with van der Waals surface area (Å²) in [6.45, 7) is 12.7. The lowest BCUT2D eigenvalue weighted by molar-refractivity contribution is 0.444. The maximum atomic E-state index is 14.2. The molecule has 1 atom stereocenters. The van der Waals surface area contributed by atoms with Crippen molar-refractivity contribution in [3.63, 3.8) is 0 Å². The summed E-state index contributed by atoms with van der Waals surface area (Å²) in [5.41, 5.74) is 4.24. The van der Waals surface area contributed by atoms with Crippen LogP contribution in [0, 0.1) is 5.92 Å². The van der Waals surface area contributed by atoms with Crippen molar-refractivity contribution < 1.29 is 12.8 Å². The molecule has 1 heterocycles.